The summed E-state index contributed by atoms with van der Waals surface area (Å²) in [6.07, 6.45) is 3.42. The van der Waals surface area contributed by atoms with Crippen LogP contribution in [0.25, 0.3) is 0 Å². The molecular formula is C14H19N3O4. The monoisotopic (exact) mass is 293 g/mol. The Morgan fingerprint density at radius 1 is 1.62 bits per heavy atom. The summed E-state index contributed by atoms with van der Waals surface area (Å²) in [5.74, 6) is 0.563. The number of aliphatic hydroxyl groups is 1. The molecule has 7 nitrogen and oxygen atoms in total. The minimum absolute atomic E-state index is 0.0879. The minimum Gasteiger partial charge on any atom is -0.479 e. The first-order valence-electron chi connectivity index (χ1n) is 6.52. The number of carbonyl (C=O) groups excluding carboxylic acids is 1. The van der Waals surface area contributed by atoms with Crippen molar-refractivity contribution in [2.24, 2.45) is 7.05 Å². The third-order valence-corrected chi connectivity index (χ3v) is 3.00. The first-order valence-corrected chi connectivity index (χ1v) is 6.52. The van der Waals surface area contributed by atoms with Gasteiger partial charge in [-0.05, 0) is 19.1 Å². The summed E-state index contributed by atoms with van der Waals surface area (Å²) in [5.41, 5.74) is -0.781. The molecule has 0 radical (unpaired) electrons. The highest BCUT2D eigenvalue weighted by atomic mass is 16.5. The van der Waals surface area contributed by atoms with Crippen LogP contribution in [0.15, 0.2) is 29.0 Å². The largest absolute Gasteiger partial charge is 0.479 e. The molecule has 1 unspecified atom stereocenters. The number of aromatic nitrogens is 2. The summed E-state index contributed by atoms with van der Waals surface area (Å²) in [5, 5.41) is 17.0. The molecule has 1 amide bonds. The number of amides is 1. The van der Waals surface area contributed by atoms with Crippen LogP contribution < -0.4 is 10.1 Å². The highest BCUT2D eigenvalue weighted by Crippen LogP contribution is 2.16. The Hall–Kier alpha value is -2.28. The number of furan rings is 1. The van der Waals surface area contributed by atoms with Gasteiger partial charge in [-0.1, -0.05) is 0 Å². The van der Waals surface area contributed by atoms with Crippen molar-refractivity contribution in [3.8, 4) is 5.88 Å². The van der Waals surface area contributed by atoms with Crippen molar-refractivity contribution in [3.63, 3.8) is 0 Å². The second-order valence-electron chi connectivity index (χ2n) is 5.16. The van der Waals surface area contributed by atoms with Crippen LogP contribution in [0.1, 0.15) is 23.0 Å². The van der Waals surface area contributed by atoms with E-state index in [9.17, 15) is 9.90 Å². The van der Waals surface area contributed by atoms with E-state index in [0.29, 0.717) is 17.7 Å². The quantitative estimate of drug-likeness (QED) is 0.820. The van der Waals surface area contributed by atoms with Crippen LogP contribution in [0.4, 0.5) is 0 Å². The topological polar surface area (TPSA) is 89.5 Å². The van der Waals surface area contributed by atoms with Gasteiger partial charge in [-0.15, -0.1) is 5.10 Å². The predicted octanol–water partition coefficient (Wildman–Crippen LogP) is 0.745. The SMILES string of the molecule is COc1nn(C)cc1C(=O)NCC(C)(O)Cc1ccco1. The molecule has 0 aromatic carbocycles. The zero-order valence-corrected chi connectivity index (χ0v) is 12.3. The van der Waals surface area contributed by atoms with Gasteiger partial charge in [0.1, 0.15) is 11.3 Å². The molecular weight excluding hydrogens is 274 g/mol. The molecule has 0 aliphatic rings. The van der Waals surface area contributed by atoms with Crippen molar-refractivity contribution < 1.29 is 19.1 Å². The van der Waals surface area contributed by atoms with Gasteiger partial charge in [-0.3, -0.25) is 9.48 Å². The lowest BCUT2D eigenvalue weighted by Gasteiger charge is -2.22. The van der Waals surface area contributed by atoms with Gasteiger partial charge in [-0.2, -0.15) is 0 Å². The van der Waals surface area contributed by atoms with E-state index in [1.807, 2.05) is 0 Å². The van der Waals surface area contributed by atoms with E-state index < -0.39 is 5.60 Å². The number of hydrogen-bond acceptors (Lipinski definition) is 5. The third kappa shape index (κ3) is 3.85. The van der Waals surface area contributed by atoms with Crippen LogP contribution in [-0.2, 0) is 13.5 Å². The second-order valence-corrected chi connectivity index (χ2v) is 5.16. The maximum absolute atomic E-state index is 12.1. The normalized spacial score (nSPS) is 13.7. The number of hydrogen-bond donors (Lipinski definition) is 2. The fourth-order valence-electron chi connectivity index (χ4n) is 1.99. The molecule has 21 heavy (non-hydrogen) atoms. The van der Waals surface area contributed by atoms with Crippen LogP contribution in [-0.4, -0.2) is 40.0 Å². The van der Waals surface area contributed by atoms with E-state index in [0.717, 1.165) is 0 Å². The van der Waals surface area contributed by atoms with Crippen LogP contribution in [0.2, 0.25) is 0 Å². The first kappa shape index (κ1) is 15.1. The van der Waals surface area contributed by atoms with Crippen LogP contribution >= 0.6 is 0 Å². The van der Waals surface area contributed by atoms with E-state index in [1.54, 1.807) is 38.6 Å². The van der Waals surface area contributed by atoms with Gasteiger partial charge >= 0.3 is 0 Å². The summed E-state index contributed by atoms with van der Waals surface area (Å²) >= 11 is 0. The molecule has 0 aliphatic carbocycles. The van der Waals surface area contributed by atoms with E-state index >= 15 is 0 Å². The molecule has 0 saturated carbocycles. The number of aryl methyl sites for hydroxylation is 1. The van der Waals surface area contributed by atoms with Crippen LogP contribution in [0.3, 0.4) is 0 Å². The highest BCUT2D eigenvalue weighted by Gasteiger charge is 2.25. The number of carbonyl (C=O) groups is 1. The van der Waals surface area contributed by atoms with E-state index in [-0.39, 0.29) is 18.3 Å². The Balaban J connectivity index is 1.96. The Labute approximate surface area is 122 Å². The summed E-state index contributed by atoms with van der Waals surface area (Å²) < 4.78 is 11.7. The van der Waals surface area contributed by atoms with E-state index in [1.165, 1.54) is 11.8 Å². The van der Waals surface area contributed by atoms with Crippen molar-refractivity contribution in [3.05, 3.63) is 35.9 Å². The van der Waals surface area contributed by atoms with Crippen molar-refractivity contribution in [1.29, 1.82) is 0 Å². The Morgan fingerprint density at radius 3 is 3.00 bits per heavy atom. The van der Waals surface area contributed by atoms with Gasteiger partial charge < -0.3 is 19.6 Å². The lowest BCUT2D eigenvalue weighted by molar-refractivity contribution is 0.0509. The molecule has 7 heteroatoms. The number of ether oxygens (including phenoxy) is 1. The zero-order chi connectivity index (χ0) is 15.5. The minimum atomic E-state index is -1.11. The number of nitrogens with one attached hydrogen (secondary N) is 1. The Morgan fingerprint density at radius 2 is 2.38 bits per heavy atom. The molecule has 1 atom stereocenters. The highest BCUT2D eigenvalue weighted by molar-refractivity contribution is 5.96. The Bertz CT molecular complexity index is 602. The lowest BCUT2D eigenvalue weighted by Crippen LogP contribution is -2.42. The maximum Gasteiger partial charge on any atom is 0.258 e. The van der Waals surface area contributed by atoms with E-state index in [4.69, 9.17) is 9.15 Å². The molecule has 2 rings (SSSR count). The van der Waals surface area contributed by atoms with Gasteiger partial charge in [0.2, 0.25) is 5.88 Å². The van der Waals surface area contributed by atoms with Gasteiger partial charge in [-0.25, -0.2) is 0 Å². The molecule has 2 aromatic heterocycles. The van der Waals surface area contributed by atoms with Crippen molar-refractivity contribution in [2.75, 3.05) is 13.7 Å². The van der Waals surface area contributed by atoms with Crippen LogP contribution in [0, 0.1) is 0 Å². The standard InChI is InChI=1S/C14H19N3O4/c1-14(19,7-10-5-4-6-21-10)9-15-12(18)11-8-17(2)16-13(11)20-3/h4-6,8,19H,7,9H2,1-3H3,(H,15,18). The van der Waals surface area contributed by atoms with Gasteiger partial charge in [0.15, 0.2) is 0 Å². The summed E-state index contributed by atoms with van der Waals surface area (Å²) in [7, 11) is 3.15. The molecule has 0 bridgehead atoms. The predicted molar refractivity (Wildman–Crippen MR) is 75.1 cm³/mol. The smallest absolute Gasteiger partial charge is 0.258 e. The zero-order valence-electron chi connectivity index (χ0n) is 12.3. The number of rotatable bonds is 6. The van der Waals surface area contributed by atoms with Gasteiger partial charge in [0.25, 0.3) is 5.91 Å². The fourth-order valence-corrected chi connectivity index (χ4v) is 1.99. The summed E-state index contributed by atoms with van der Waals surface area (Å²) in [6, 6.07) is 3.53. The molecule has 2 N–H and O–H groups in total. The summed E-state index contributed by atoms with van der Waals surface area (Å²) in [6.45, 7) is 1.72. The molecule has 2 heterocycles. The lowest BCUT2D eigenvalue weighted by atomic mass is 10.0. The second kappa shape index (κ2) is 6.01. The molecule has 0 fully saturated rings. The maximum atomic E-state index is 12.1. The average molecular weight is 293 g/mol. The Kier molecular flexibility index (Phi) is 4.32. The first-order chi connectivity index (χ1) is 9.91. The third-order valence-electron chi connectivity index (χ3n) is 3.00. The van der Waals surface area contributed by atoms with Crippen molar-refractivity contribution in [2.45, 2.75) is 18.9 Å². The molecule has 114 valence electrons. The van der Waals surface area contributed by atoms with Crippen molar-refractivity contribution in [1.82, 2.24) is 15.1 Å². The van der Waals surface area contributed by atoms with Gasteiger partial charge in [0, 0.05) is 26.2 Å². The molecule has 0 spiro atoms. The average Bonchev–Trinajstić information content (AvgIpc) is 3.04. The van der Waals surface area contributed by atoms with E-state index in [2.05, 4.69) is 10.4 Å². The van der Waals surface area contributed by atoms with Crippen LogP contribution in [0.5, 0.6) is 5.88 Å². The van der Waals surface area contributed by atoms with Crippen molar-refractivity contribution >= 4 is 5.91 Å². The molecule has 0 saturated heterocycles. The number of nitrogens with zero attached hydrogens (tertiary/aromatic N) is 2. The molecule has 0 aliphatic heterocycles. The fraction of sp³-hybridized carbons (Fsp3) is 0.429. The van der Waals surface area contributed by atoms with Gasteiger partial charge in [0.05, 0.1) is 19.0 Å². The molecule has 2 aromatic rings. The number of methoxy groups -OCH3 is 1. The summed E-state index contributed by atoms with van der Waals surface area (Å²) in [4.78, 5) is 12.1.